The van der Waals surface area contributed by atoms with E-state index in [-0.39, 0.29) is 0 Å². The lowest BCUT2D eigenvalue weighted by atomic mass is 9.89. The van der Waals surface area contributed by atoms with Gasteiger partial charge in [-0.2, -0.15) is 0 Å². The van der Waals surface area contributed by atoms with Crippen molar-refractivity contribution in [1.29, 1.82) is 0 Å². The van der Waals surface area contributed by atoms with E-state index in [1.807, 2.05) is 0 Å². The number of hydrogen-bond acceptors (Lipinski definition) is 2. The van der Waals surface area contributed by atoms with E-state index in [9.17, 15) is 0 Å². The van der Waals surface area contributed by atoms with Crippen LogP contribution in [0, 0.1) is 0 Å². The topological polar surface area (TPSA) is 24.4 Å². The molecule has 0 fully saturated rings. The van der Waals surface area contributed by atoms with E-state index >= 15 is 0 Å². The summed E-state index contributed by atoms with van der Waals surface area (Å²) in [6, 6.07) is 27.9. The fourth-order valence-electron chi connectivity index (χ4n) is 5.71. The van der Waals surface area contributed by atoms with E-state index in [0.29, 0.717) is 0 Å². The minimum atomic E-state index is 0.951. The number of allylic oxidation sites excluding steroid dienone is 13. The maximum absolute atomic E-state index is 5.05. The molecule has 2 nitrogen and oxygen atoms in total. The van der Waals surface area contributed by atoms with E-state index in [1.54, 1.807) is 0 Å². The van der Waals surface area contributed by atoms with E-state index < -0.39 is 0 Å². The molecule has 0 saturated carbocycles. The van der Waals surface area contributed by atoms with Crippen LogP contribution < -0.4 is 5.32 Å². The Hall–Kier alpha value is -4.69. The number of hydrogen-bond donors (Lipinski definition) is 1. The lowest BCUT2D eigenvalue weighted by Crippen LogP contribution is -2.07. The molecule has 0 radical (unpaired) electrons. The first-order chi connectivity index (χ1) is 20.8. The summed E-state index contributed by atoms with van der Waals surface area (Å²) in [4.78, 5) is 5.05. The molecule has 42 heavy (non-hydrogen) atoms. The first-order valence-electron chi connectivity index (χ1n) is 15.2. The molecule has 0 unspecified atom stereocenters. The zero-order valence-corrected chi connectivity index (χ0v) is 24.2. The minimum Gasteiger partial charge on any atom is -0.355 e. The van der Waals surface area contributed by atoms with Crippen molar-refractivity contribution < 1.29 is 0 Å². The normalized spacial score (nSPS) is 17.6. The molecule has 3 aromatic carbocycles. The first-order valence-corrected chi connectivity index (χ1v) is 15.2. The predicted molar refractivity (Wildman–Crippen MR) is 181 cm³/mol. The summed E-state index contributed by atoms with van der Waals surface area (Å²) in [5, 5.41) is 3.63. The van der Waals surface area contributed by atoms with Crippen LogP contribution >= 0.6 is 0 Å². The fourth-order valence-corrected chi connectivity index (χ4v) is 5.71. The molecule has 0 saturated heterocycles. The molecule has 6 rings (SSSR count). The summed E-state index contributed by atoms with van der Waals surface area (Å²) in [5.41, 5.74) is 12.6. The predicted octanol–water partition coefficient (Wildman–Crippen LogP) is 11.1. The third-order valence-corrected chi connectivity index (χ3v) is 8.09. The Balaban J connectivity index is 1.17. The number of rotatable bonds is 9. The largest absolute Gasteiger partial charge is 0.355 e. The number of para-hydroxylation sites is 1. The summed E-state index contributed by atoms with van der Waals surface area (Å²) in [6.07, 6.45) is 29.5. The van der Waals surface area contributed by atoms with E-state index in [4.69, 9.17) is 4.99 Å². The monoisotopic (exact) mass is 546 g/mol. The third-order valence-electron chi connectivity index (χ3n) is 8.09. The van der Waals surface area contributed by atoms with Crippen molar-refractivity contribution in [2.75, 3.05) is 5.32 Å². The van der Waals surface area contributed by atoms with Gasteiger partial charge in [-0.1, -0.05) is 121 Å². The van der Waals surface area contributed by atoms with Crippen molar-refractivity contribution in [3.05, 3.63) is 162 Å². The second-order valence-corrected chi connectivity index (χ2v) is 11.0. The lowest BCUT2D eigenvalue weighted by molar-refractivity contribution is 0.944. The first kappa shape index (κ1) is 27.5. The average molecular weight is 547 g/mol. The van der Waals surface area contributed by atoms with Crippen molar-refractivity contribution in [1.82, 2.24) is 0 Å². The maximum Gasteiger partial charge on any atom is 0.0463 e. The van der Waals surface area contributed by atoms with Crippen LogP contribution in [-0.4, -0.2) is 5.71 Å². The minimum absolute atomic E-state index is 0.951. The number of nitrogens with one attached hydrogen (secondary N) is 1. The highest BCUT2D eigenvalue weighted by molar-refractivity contribution is 6.02. The standard InChI is InChI=1S/C40H38N2/c1-4-12-31(13-5-1)20-29-39(41-30-32-14-6-2-7-15-32)36-23-21-33(22-24-36)34-25-27-37(28-26-34)42-40-19-11-10-18-38(40)35-16-8-3-9-17-35/h2-4,6-14,16-19,21,23,25-28,30,42H,1,5,15,20,22,24,29H2/b32-30+,41-39?. The van der Waals surface area contributed by atoms with Crippen molar-refractivity contribution in [3.8, 4) is 11.1 Å². The molecule has 3 aromatic rings. The van der Waals surface area contributed by atoms with Crippen LogP contribution in [0.1, 0.15) is 50.5 Å². The van der Waals surface area contributed by atoms with Gasteiger partial charge in [0.05, 0.1) is 0 Å². The third kappa shape index (κ3) is 7.14. The summed E-state index contributed by atoms with van der Waals surface area (Å²) >= 11 is 0. The number of aliphatic imine (C=N–C) groups is 1. The van der Waals surface area contributed by atoms with Gasteiger partial charge in [-0.05, 0) is 91.0 Å². The highest BCUT2D eigenvalue weighted by Crippen LogP contribution is 2.33. The van der Waals surface area contributed by atoms with Gasteiger partial charge in [0, 0.05) is 28.8 Å². The molecular formula is C40H38N2. The van der Waals surface area contributed by atoms with Crippen LogP contribution in [0.25, 0.3) is 16.7 Å². The van der Waals surface area contributed by atoms with Gasteiger partial charge >= 0.3 is 0 Å². The zero-order valence-electron chi connectivity index (χ0n) is 24.2. The van der Waals surface area contributed by atoms with Crippen LogP contribution in [0.3, 0.4) is 0 Å². The number of anilines is 2. The Kier molecular flexibility index (Phi) is 9.02. The van der Waals surface area contributed by atoms with Crippen LogP contribution in [0.2, 0.25) is 0 Å². The molecule has 0 bridgehead atoms. The molecule has 1 N–H and O–H groups in total. The molecule has 0 amide bonds. The fraction of sp³-hybridized carbons (Fsp3) is 0.175. The van der Waals surface area contributed by atoms with Crippen molar-refractivity contribution in [2.45, 2.75) is 44.9 Å². The molecule has 0 aliphatic heterocycles. The maximum atomic E-state index is 5.05. The molecule has 0 atom stereocenters. The molecule has 3 aliphatic carbocycles. The molecule has 0 aromatic heterocycles. The van der Waals surface area contributed by atoms with Gasteiger partial charge in [-0.15, -0.1) is 0 Å². The molecule has 208 valence electrons. The summed E-state index contributed by atoms with van der Waals surface area (Å²) < 4.78 is 0. The Morgan fingerprint density at radius 1 is 0.762 bits per heavy atom. The van der Waals surface area contributed by atoms with Gasteiger partial charge in [0.1, 0.15) is 0 Å². The van der Waals surface area contributed by atoms with E-state index in [0.717, 1.165) is 56.3 Å². The second kappa shape index (κ2) is 13.8. The molecule has 0 spiro atoms. The Morgan fingerprint density at radius 2 is 1.62 bits per heavy atom. The van der Waals surface area contributed by atoms with Gasteiger partial charge in [0.2, 0.25) is 0 Å². The van der Waals surface area contributed by atoms with Crippen LogP contribution in [0.4, 0.5) is 11.4 Å². The van der Waals surface area contributed by atoms with Crippen LogP contribution in [0.15, 0.2) is 161 Å². The highest BCUT2D eigenvalue weighted by Gasteiger charge is 2.14. The van der Waals surface area contributed by atoms with Gasteiger partial charge in [-0.25, -0.2) is 0 Å². The van der Waals surface area contributed by atoms with Crippen LogP contribution in [-0.2, 0) is 0 Å². The summed E-state index contributed by atoms with van der Waals surface area (Å²) in [6.45, 7) is 0. The smallest absolute Gasteiger partial charge is 0.0463 e. The van der Waals surface area contributed by atoms with Gasteiger partial charge in [0.15, 0.2) is 0 Å². The Labute approximate surface area is 250 Å². The Morgan fingerprint density at radius 3 is 2.38 bits per heavy atom. The Bertz CT molecular complexity index is 1640. The molecule has 2 heteroatoms. The lowest BCUT2D eigenvalue weighted by Gasteiger charge is -2.18. The molecule has 0 heterocycles. The summed E-state index contributed by atoms with van der Waals surface area (Å²) in [5.74, 6) is 0. The second-order valence-electron chi connectivity index (χ2n) is 11.0. The van der Waals surface area contributed by atoms with Gasteiger partial charge in [0.25, 0.3) is 0 Å². The molecular weight excluding hydrogens is 508 g/mol. The van der Waals surface area contributed by atoms with E-state index in [2.05, 4.69) is 145 Å². The van der Waals surface area contributed by atoms with Crippen molar-refractivity contribution >= 4 is 22.7 Å². The highest BCUT2D eigenvalue weighted by atomic mass is 14.9. The summed E-state index contributed by atoms with van der Waals surface area (Å²) in [7, 11) is 0. The number of benzene rings is 3. The SMILES string of the molecule is C1=CC/C(=C/N=C(CCC2=CCCC=C2)C2=CC=C(c3ccc(Nc4ccccc4-c4ccccc4)cc3)CC2)C=C1. The van der Waals surface area contributed by atoms with Crippen LogP contribution in [0.5, 0.6) is 0 Å². The van der Waals surface area contributed by atoms with Gasteiger partial charge in [-0.3, -0.25) is 4.99 Å². The quantitative estimate of drug-likeness (QED) is 0.265. The van der Waals surface area contributed by atoms with Crippen molar-refractivity contribution in [3.63, 3.8) is 0 Å². The van der Waals surface area contributed by atoms with E-state index in [1.165, 1.54) is 44.7 Å². The average Bonchev–Trinajstić information content (AvgIpc) is 3.07. The zero-order chi connectivity index (χ0) is 28.4. The molecule has 3 aliphatic rings. The van der Waals surface area contributed by atoms with Gasteiger partial charge < -0.3 is 5.32 Å². The number of nitrogens with zero attached hydrogens (tertiary/aromatic N) is 1. The van der Waals surface area contributed by atoms with Crippen molar-refractivity contribution in [2.24, 2.45) is 4.99 Å².